The van der Waals surface area contributed by atoms with E-state index in [1.165, 1.54) is 16.6 Å². The molecule has 0 radical (unpaired) electrons. The maximum Gasteiger partial charge on any atom is 0.225 e. The molecule has 2 heterocycles. The van der Waals surface area contributed by atoms with Crippen molar-refractivity contribution in [1.29, 1.82) is 0 Å². The SMILES string of the molecule is COC1CCC(C(=O)N2CC[C@@]3(C)c4cc5c(cc4C[C@@H]2C3(C)C)ncn5C)CC1. The van der Waals surface area contributed by atoms with Crippen LogP contribution in [-0.4, -0.2) is 46.2 Å². The highest BCUT2D eigenvalue weighted by Crippen LogP contribution is 2.56. The summed E-state index contributed by atoms with van der Waals surface area (Å²) in [5.74, 6) is 0.545. The van der Waals surface area contributed by atoms with Gasteiger partial charge >= 0.3 is 0 Å². The minimum atomic E-state index is 0.0317. The average Bonchev–Trinajstić information content (AvgIpc) is 3.09. The van der Waals surface area contributed by atoms with Crippen LogP contribution in [0.5, 0.6) is 0 Å². The normalized spacial score (nSPS) is 32.8. The lowest BCUT2D eigenvalue weighted by atomic mass is 9.51. The Balaban J connectivity index is 1.49. The third kappa shape index (κ3) is 2.70. The summed E-state index contributed by atoms with van der Waals surface area (Å²) in [6.07, 6.45) is 8.13. The topological polar surface area (TPSA) is 47.4 Å². The number of nitrogens with zero attached hydrogens (tertiary/aromatic N) is 3. The van der Waals surface area contributed by atoms with Gasteiger partial charge < -0.3 is 14.2 Å². The molecule has 2 atom stereocenters. The third-order valence-corrected chi connectivity index (χ3v) is 9.08. The fourth-order valence-corrected chi connectivity index (χ4v) is 6.58. The molecule has 5 nitrogen and oxygen atoms in total. The van der Waals surface area contributed by atoms with Gasteiger partial charge in [0.15, 0.2) is 0 Å². The van der Waals surface area contributed by atoms with E-state index in [4.69, 9.17) is 4.74 Å². The zero-order valence-electron chi connectivity index (χ0n) is 19.1. The predicted molar refractivity (Wildman–Crippen MR) is 118 cm³/mol. The van der Waals surface area contributed by atoms with Crippen LogP contribution in [0.25, 0.3) is 11.0 Å². The quantitative estimate of drug-likeness (QED) is 0.746. The van der Waals surface area contributed by atoms with Crippen molar-refractivity contribution in [2.75, 3.05) is 13.7 Å². The van der Waals surface area contributed by atoms with Crippen molar-refractivity contribution in [1.82, 2.24) is 14.5 Å². The Morgan fingerprint density at radius 2 is 1.90 bits per heavy atom. The Labute approximate surface area is 179 Å². The van der Waals surface area contributed by atoms with Gasteiger partial charge in [0.25, 0.3) is 0 Å². The van der Waals surface area contributed by atoms with Gasteiger partial charge in [-0.3, -0.25) is 4.79 Å². The number of carbonyl (C=O) groups is 1. The molecule has 30 heavy (non-hydrogen) atoms. The molecule has 1 saturated heterocycles. The lowest BCUT2D eigenvalue weighted by Gasteiger charge is -2.61. The van der Waals surface area contributed by atoms with E-state index in [1.807, 2.05) is 6.33 Å². The molecule has 3 aliphatic rings. The van der Waals surface area contributed by atoms with Crippen LogP contribution in [0.3, 0.4) is 0 Å². The number of rotatable bonds is 2. The summed E-state index contributed by atoms with van der Waals surface area (Å²) in [5, 5.41) is 0. The number of benzene rings is 1. The maximum atomic E-state index is 13.6. The van der Waals surface area contributed by atoms with Gasteiger partial charge in [-0.05, 0) is 67.2 Å². The minimum absolute atomic E-state index is 0.0317. The Morgan fingerprint density at radius 1 is 1.17 bits per heavy atom. The number of likely N-dealkylation sites (tertiary alicyclic amines) is 1. The molecule has 0 spiro atoms. The molecule has 0 unspecified atom stereocenters. The number of imidazole rings is 1. The van der Waals surface area contributed by atoms with Crippen LogP contribution in [0.1, 0.15) is 64.0 Å². The number of ether oxygens (including phenoxy) is 1. The number of aromatic nitrogens is 2. The summed E-state index contributed by atoms with van der Waals surface area (Å²) < 4.78 is 7.64. The number of piperidine rings is 1. The number of carbonyl (C=O) groups excluding carboxylic acids is 1. The van der Waals surface area contributed by atoms with Gasteiger partial charge in [-0.2, -0.15) is 0 Å². The van der Waals surface area contributed by atoms with Gasteiger partial charge in [0.1, 0.15) is 0 Å². The largest absolute Gasteiger partial charge is 0.381 e. The molecule has 2 bridgehead atoms. The average molecular weight is 410 g/mol. The van der Waals surface area contributed by atoms with Crippen LogP contribution < -0.4 is 0 Å². The van der Waals surface area contributed by atoms with Crippen molar-refractivity contribution < 1.29 is 9.53 Å². The number of amides is 1. The van der Waals surface area contributed by atoms with Crippen molar-refractivity contribution in [3.05, 3.63) is 29.6 Å². The summed E-state index contributed by atoms with van der Waals surface area (Å²) in [6, 6.07) is 4.90. The van der Waals surface area contributed by atoms with Crippen molar-refractivity contribution in [2.24, 2.45) is 18.4 Å². The molecule has 1 amide bonds. The second-order valence-corrected chi connectivity index (χ2v) is 10.6. The lowest BCUT2D eigenvalue weighted by molar-refractivity contribution is -0.150. The lowest BCUT2D eigenvalue weighted by Crippen LogP contribution is -2.65. The van der Waals surface area contributed by atoms with Crippen LogP contribution in [0.15, 0.2) is 18.5 Å². The van der Waals surface area contributed by atoms with E-state index in [1.54, 1.807) is 7.11 Å². The third-order valence-electron chi connectivity index (χ3n) is 9.08. The van der Waals surface area contributed by atoms with Crippen molar-refractivity contribution in [2.45, 2.75) is 76.9 Å². The monoisotopic (exact) mass is 409 g/mol. The molecule has 1 saturated carbocycles. The second-order valence-electron chi connectivity index (χ2n) is 10.6. The molecule has 2 aliphatic carbocycles. The van der Waals surface area contributed by atoms with E-state index in [-0.39, 0.29) is 22.8 Å². The molecule has 5 rings (SSSR count). The van der Waals surface area contributed by atoms with Gasteiger partial charge in [-0.25, -0.2) is 4.98 Å². The highest BCUT2D eigenvalue weighted by Gasteiger charge is 2.57. The number of methoxy groups -OCH3 is 1. The summed E-state index contributed by atoms with van der Waals surface area (Å²) in [7, 11) is 3.86. The van der Waals surface area contributed by atoms with Gasteiger partial charge in [0.05, 0.1) is 23.5 Å². The van der Waals surface area contributed by atoms with Gasteiger partial charge in [-0.15, -0.1) is 0 Å². The smallest absolute Gasteiger partial charge is 0.225 e. The molecule has 2 aromatic rings. The van der Waals surface area contributed by atoms with E-state index in [0.29, 0.717) is 12.0 Å². The van der Waals surface area contributed by atoms with Crippen LogP contribution in [-0.2, 0) is 28.4 Å². The summed E-state index contributed by atoms with van der Waals surface area (Å²) >= 11 is 0. The molecule has 1 aliphatic heterocycles. The first-order chi connectivity index (χ1) is 14.3. The highest BCUT2D eigenvalue weighted by molar-refractivity contribution is 5.81. The molecule has 1 aromatic carbocycles. The Kier molecular flexibility index (Phi) is 4.55. The minimum Gasteiger partial charge on any atom is -0.381 e. The number of hydrogen-bond donors (Lipinski definition) is 0. The first-order valence-electron chi connectivity index (χ1n) is 11.5. The summed E-state index contributed by atoms with van der Waals surface area (Å²) in [5.41, 5.74) is 5.21. The zero-order chi connectivity index (χ0) is 21.3. The van der Waals surface area contributed by atoms with Crippen molar-refractivity contribution >= 4 is 16.9 Å². The van der Waals surface area contributed by atoms with E-state index in [0.717, 1.165) is 50.6 Å². The Morgan fingerprint density at radius 3 is 2.60 bits per heavy atom. The molecule has 0 N–H and O–H groups in total. The molecule has 162 valence electrons. The molecular formula is C25H35N3O2. The maximum absolute atomic E-state index is 13.6. The Hall–Kier alpha value is -1.88. The molecule has 1 aromatic heterocycles. The van der Waals surface area contributed by atoms with E-state index in [9.17, 15) is 4.79 Å². The summed E-state index contributed by atoms with van der Waals surface area (Å²) in [4.78, 5) is 20.5. The Bertz CT molecular complexity index is 986. The second kappa shape index (κ2) is 6.81. The first kappa shape index (κ1) is 20.0. The number of fused-ring (bicyclic) bond motifs is 5. The number of aryl methyl sites for hydroxylation is 1. The number of hydrogen-bond acceptors (Lipinski definition) is 3. The van der Waals surface area contributed by atoms with Crippen LogP contribution in [0.4, 0.5) is 0 Å². The van der Waals surface area contributed by atoms with E-state index < -0.39 is 0 Å². The van der Waals surface area contributed by atoms with E-state index in [2.05, 4.69) is 54.4 Å². The van der Waals surface area contributed by atoms with Gasteiger partial charge in [0, 0.05) is 38.1 Å². The fraction of sp³-hybridized carbons (Fsp3) is 0.680. The molecule has 5 heteroatoms. The zero-order valence-corrected chi connectivity index (χ0v) is 19.1. The predicted octanol–water partition coefficient (Wildman–Crippen LogP) is 4.22. The van der Waals surface area contributed by atoms with Crippen LogP contribution in [0, 0.1) is 11.3 Å². The van der Waals surface area contributed by atoms with E-state index >= 15 is 0 Å². The van der Waals surface area contributed by atoms with Crippen molar-refractivity contribution in [3.8, 4) is 0 Å². The van der Waals surface area contributed by atoms with Crippen LogP contribution >= 0.6 is 0 Å². The molecular weight excluding hydrogens is 374 g/mol. The standard InChI is InChI=1S/C25H35N3O2/c1-24(2)22-13-17-12-20-21(27(4)15-26-20)14-19(17)25(24,3)10-11-28(22)23(29)16-6-8-18(30-5)9-7-16/h12,14-16,18,22H,6-11,13H2,1-5H3/t16?,18?,22-,25+/m1/s1. The summed E-state index contributed by atoms with van der Waals surface area (Å²) in [6.45, 7) is 8.06. The molecule has 2 fully saturated rings. The fourth-order valence-electron chi connectivity index (χ4n) is 6.58. The van der Waals surface area contributed by atoms with Crippen LogP contribution in [0.2, 0.25) is 0 Å². The highest BCUT2D eigenvalue weighted by atomic mass is 16.5. The first-order valence-corrected chi connectivity index (χ1v) is 11.5. The van der Waals surface area contributed by atoms with Crippen molar-refractivity contribution in [3.63, 3.8) is 0 Å². The van der Waals surface area contributed by atoms with Gasteiger partial charge in [-0.1, -0.05) is 20.8 Å². The van der Waals surface area contributed by atoms with Gasteiger partial charge in [0.2, 0.25) is 5.91 Å².